The molecule has 1 aliphatic rings. The maximum Gasteiger partial charge on any atom is 0.321 e. The van der Waals surface area contributed by atoms with Crippen LogP contribution < -0.4 is 5.48 Å². The van der Waals surface area contributed by atoms with Crippen molar-refractivity contribution in [2.75, 3.05) is 6.54 Å². The summed E-state index contributed by atoms with van der Waals surface area (Å²) in [4.78, 5) is 24.6. The number of hydrogen-bond donors (Lipinski definition) is 3. The summed E-state index contributed by atoms with van der Waals surface area (Å²) in [6, 6.07) is 9.00. The first-order valence-corrected chi connectivity index (χ1v) is 8.11. The van der Waals surface area contributed by atoms with Crippen LogP contribution in [-0.4, -0.2) is 54.7 Å². The van der Waals surface area contributed by atoms with E-state index in [-0.39, 0.29) is 6.04 Å². The Kier molecular flexibility index (Phi) is 5.40. The minimum atomic E-state index is -0.858. The van der Waals surface area contributed by atoms with Crippen molar-refractivity contribution in [2.45, 2.75) is 25.0 Å². The third kappa shape index (κ3) is 4.13. The molecule has 2 heterocycles. The topological polar surface area (TPSA) is 121 Å². The van der Waals surface area contributed by atoms with Crippen molar-refractivity contribution >= 4 is 18.0 Å². The molecule has 9 heteroatoms. The van der Waals surface area contributed by atoms with Gasteiger partial charge in [-0.05, 0) is 18.1 Å². The predicted octanol–water partition coefficient (Wildman–Crippen LogP) is 0.697. The highest BCUT2D eigenvalue weighted by atomic mass is 16.5. The lowest BCUT2D eigenvalue weighted by Gasteiger charge is -2.20. The number of nitrogens with one attached hydrogen (secondary N) is 1. The normalized spacial score (nSPS) is 20.5. The number of benzene rings is 1. The summed E-state index contributed by atoms with van der Waals surface area (Å²) in [5.74, 6) is -1.52. The summed E-state index contributed by atoms with van der Waals surface area (Å²) < 4.78 is 1.62. The van der Waals surface area contributed by atoms with Crippen LogP contribution in [0.1, 0.15) is 23.7 Å². The molecular weight excluding hydrogens is 338 g/mol. The second kappa shape index (κ2) is 7.89. The van der Waals surface area contributed by atoms with Crippen LogP contribution in [0.2, 0.25) is 0 Å². The van der Waals surface area contributed by atoms with E-state index in [2.05, 4.69) is 10.3 Å². The van der Waals surface area contributed by atoms with Gasteiger partial charge in [-0.1, -0.05) is 35.5 Å². The van der Waals surface area contributed by atoms with Gasteiger partial charge in [-0.2, -0.15) is 0 Å². The number of rotatable bonds is 6. The van der Waals surface area contributed by atoms with Crippen LogP contribution in [0.5, 0.6) is 0 Å². The molecule has 0 radical (unpaired) electrons. The Morgan fingerprint density at radius 2 is 2.08 bits per heavy atom. The molecule has 1 amide bonds. The van der Waals surface area contributed by atoms with E-state index >= 15 is 0 Å². The minimum absolute atomic E-state index is 0.124. The summed E-state index contributed by atoms with van der Waals surface area (Å²) >= 11 is 0. The lowest BCUT2D eigenvalue weighted by Crippen LogP contribution is -2.35. The average Bonchev–Trinajstić information content (AvgIpc) is 3.27. The lowest BCUT2D eigenvalue weighted by molar-refractivity contribution is -0.142. The fourth-order valence-corrected chi connectivity index (χ4v) is 3.06. The van der Waals surface area contributed by atoms with Gasteiger partial charge < -0.3 is 5.11 Å². The molecule has 2 atom stereocenters. The number of hydroxylamine groups is 1. The molecule has 0 bridgehead atoms. The third-order valence-corrected chi connectivity index (χ3v) is 4.31. The van der Waals surface area contributed by atoms with Gasteiger partial charge >= 0.3 is 5.97 Å². The van der Waals surface area contributed by atoms with E-state index in [1.54, 1.807) is 10.9 Å². The summed E-state index contributed by atoms with van der Waals surface area (Å²) in [6.45, 7) is 1.09. The Morgan fingerprint density at radius 1 is 1.31 bits per heavy atom. The van der Waals surface area contributed by atoms with Gasteiger partial charge in [0, 0.05) is 19.2 Å². The molecular formula is C17H19N5O4. The van der Waals surface area contributed by atoms with Crippen molar-refractivity contribution in [1.29, 1.82) is 0 Å². The third-order valence-electron chi connectivity index (χ3n) is 4.31. The van der Waals surface area contributed by atoms with Crippen molar-refractivity contribution in [1.82, 2.24) is 25.4 Å². The second-order valence-electron chi connectivity index (χ2n) is 6.09. The van der Waals surface area contributed by atoms with Crippen molar-refractivity contribution in [3.8, 4) is 0 Å². The number of carbonyl (C=O) groups is 2. The maximum atomic E-state index is 11.6. The smallest absolute Gasteiger partial charge is 0.321 e. The zero-order valence-electron chi connectivity index (χ0n) is 13.9. The Hall–Kier alpha value is -3.04. The van der Waals surface area contributed by atoms with Crippen molar-refractivity contribution < 1.29 is 19.9 Å². The molecule has 1 aromatic carbocycles. The first kappa shape index (κ1) is 17.8. The number of likely N-dealkylation sites (tertiary alicyclic amines) is 1. The molecule has 136 valence electrons. The second-order valence-corrected chi connectivity index (χ2v) is 6.09. The van der Waals surface area contributed by atoms with Gasteiger partial charge in [0.15, 0.2) is 0 Å². The van der Waals surface area contributed by atoms with Crippen LogP contribution in [0.3, 0.4) is 0 Å². The molecule has 0 aliphatic carbocycles. The molecule has 0 unspecified atom stereocenters. The van der Waals surface area contributed by atoms with E-state index in [0.717, 1.165) is 11.6 Å². The molecule has 0 saturated carbocycles. The summed E-state index contributed by atoms with van der Waals surface area (Å²) in [7, 11) is 0. The van der Waals surface area contributed by atoms with Crippen LogP contribution in [-0.2, 0) is 16.1 Å². The molecule has 1 aliphatic heterocycles. The van der Waals surface area contributed by atoms with Gasteiger partial charge in [0.05, 0.1) is 12.2 Å². The highest BCUT2D eigenvalue weighted by Gasteiger charge is 2.38. The minimum Gasteiger partial charge on any atom is -0.480 e. The first-order valence-electron chi connectivity index (χ1n) is 8.11. The highest BCUT2D eigenvalue weighted by molar-refractivity contribution is 5.90. The van der Waals surface area contributed by atoms with Gasteiger partial charge in [0.25, 0.3) is 5.91 Å². The first-order chi connectivity index (χ1) is 12.6. The summed E-state index contributed by atoms with van der Waals surface area (Å²) in [5.41, 5.74) is 2.99. The molecule has 1 saturated heterocycles. The van der Waals surface area contributed by atoms with E-state index in [4.69, 9.17) is 5.21 Å². The van der Waals surface area contributed by atoms with Crippen LogP contribution in [0.15, 0.2) is 42.6 Å². The van der Waals surface area contributed by atoms with Crippen molar-refractivity contribution in [2.24, 2.45) is 0 Å². The molecule has 9 nitrogen and oxygen atoms in total. The fourth-order valence-electron chi connectivity index (χ4n) is 3.06. The number of hydrogen-bond acceptors (Lipinski definition) is 6. The van der Waals surface area contributed by atoms with E-state index in [9.17, 15) is 14.7 Å². The number of amides is 1. The predicted molar refractivity (Wildman–Crippen MR) is 90.9 cm³/mol. The van der Waals surface area contributed by atoms with Gasteiger partial charge in [-0.3, -0.25) is 19.7 Å². The van der Waals surface area contributed by atoms with Crippen LogP contribution in [0.25, 0.3) is 6.08 Å². The largest absolute Gasteiger partial charge is 0.480 e. The number of carbonyl (C=O) groups excluding carboxylic acids is 1. The monoisotopic (exact) mass is 357 g/mol. The van der Waals surface area contributed by atoms with Gasteiger partial charge in [-0.25, -0.2) is 10.2 Å². The SMILES string of the molecule is O=C(/C=C/c1cn([C@H]2C[C@@H](C(=O)O)N(Cc3ccccc3)C2)nn1)NO. The van der Waals surface area contributed by atoms with E-state index in [1.807, 2.05) is 35.2 Å². The van der Waals surface area contributed by atoms with Gasteiger partial charge in [-0.15, -0.1) is 5.10 Å². The van der Waals surface area contributed by atoms with Crippen LogP contribution >= 0.6 is 0 Å². The number of nitrogens with zero attached hydrogens (tertiary/aromatic N) is 4. The number of carboxylic acids is 1. The fraction of sp³-hybridized carbons (Fsp3) is 0.294. The maximum absolute atomic E-state index is 11.6. The van der Waals surface area contributed by atoms with Gasteiger partial charge in [0.2, 0.25) is 0 Å². The molecule has 2 aromatic rings. The van der Waals surface area contributed by atoms with E-state index < -0.39 is 17.9 Å². The molecule has 1 fully saturated rings. The number of carboxylic acid groups (broad SMARTS) is 1. The summed E-state index contributed by atoms with van der Waals surface area (Å²) in [5, 5.41) is 26.0. The Bertz CT molecular complexity index is 804. The zero-order chi connectivity index (χ0) is 18.5. The van der Waals surface area contributed by atoms with Crippen LogP contribution in [0.4, 0.5) is 0 Å². The van der Waals surface area contributed by atoms with Crippen molar-refractivity contribution in [3.05, 3.63) is 53.9 Å². The Labute approximate surface area is 149 Å². The number of aliphatic carboxylic acids is 1. The molecule has 3 N–H and O–H groups in total. The standard InChI is InChI=1S/C17H19N5O4/c23-16(19-26)7-6-13-10-22(20-18-13)14-8-15(17(24)25)21(11-14)9-12-4-2-1-3-5-12/h1-7,10,14-15,26H,8-9,11H2,(H,19,23)(H,24,25)/b7-6+/t14-,15-/m0/s1. The number of aromatic nitrogens is 3. The molecule has 3 rings (SSSR count). The Balaban J connectivity index is 1.71. The quantitative estimate of drug-likeness (QED) is 0.395. The summed E-state index contributed by atoms with van der Waals surface area (Å²) in [6.07, 6.45) is 4.62. The van der Waals surface area contributed by atoms with E-state index in [0.29, 0.717) is 25.2 Å². The lowest BCUT2D eigenvalue weighted by atomic mass is 10.1. The van der Waals surface area contributed by atoms with Crippen LogP contribution in [0, 0.1) is 0 Å². The van der Waals surface area contributed by atoms with E-state index in [1.165, 1.54) is 11.6 Å². The average molecular weight is 357 g/mol. The highest BCUT2D eigenvalue weighted by Crippen LogP contribution is 2.28. The zero-order valence-corrected chi connectivity index (χ0v) is 13.9. The van der Waals surface area contributed by atoms with Crippen molar-refractivity contribution in [3.63, 3.8) is 0 Å². The Morgan fingerprint density at radius 3 is 2.77 bits per heavy atom. The molecule has 26 heavy (non-hydrogen) atoms. The van der Waals surface area contributed by atoms with Gasteiger partial charge in [0.1, 0.15) is 11.7 Å². The molecule has 0 spiro atoms. The molecule has 1 aromatic heterocycles.